The molecule has 1 heterocycles. The minimum Gasteiger partial charge on any atom is -0.395 e. The quantitative estimate of drug-likeness (QED) is 0.811. The van der Waals surface area contributed by atoms with Gasteiger partial charge in [0.25, 0.3) is 0 Å². The van der Waals surface area contributed by atoms with Crippen LogP contribution in [0.4, 0.5) is 10.5 Å². The molecule has 2 N–H and O–H groups in total. The Morgan fingerprint density at radius 1 is 1.30 bits per heavy atom. The molecule has 0 aliphatic heterocycles. The molecule has 0 radical (unpaired) electrons. The first-order chi connectivity index (χ1) is 11.1. The lowest BCUT2D eigenvalue weighted by molar-refractivity contribution is 0.187. The van der Waals surface area contributed by atoms with Gasteiger partial charge in [0.05, 0.1) is 17.3 Å². The van der Waals surface area contributed by atoms with Gasteiger partial charge in [-0.15, -0.1) is 11.3 Å². The molecule has 0 unspecified atom stereocenters. The molecular weight excluding hydrogens is 310 g/mol. The molecule has 2 aromatic rings. The van der Waals surface area contributed by atoms with Crippen molar-refractivity contribution in [2.45, 2.75) is 26.7 Å². The highest BCUT2D eigenvalue weighted by molar-refractivity contribution is 7.09. The average Bonchev–Trinajstić information content (AvgIpc) is 2.98. The number of amides is 2. The number of urea groups is 1. The Kier molecular flexibility index (Phi) is 6.55. The first kappa shape index (κ1) is 17.4. The van der Waals surface area contributed by atoms with Crippen LogP contribution in [0.5, 0.6) is 0 Å². The molecule has 0 saturated heterocycles. The van der Waals surface area contributed by atoms with Crippen LogP contribution < -0.4 is 5.32 Å². The van der Waals surface area contributed by atoms with Gasteiger partial charge < -0.3 is 15.3 Å². The van der Waals surface area contributed by atoms with Gasteiger partial charge in [0.2, 0.25) is 0 Å². The maximum absolute atomic E-state index is 12.3. The fourth-order valence-electron chi connectivity index (χ4n) is 2.21. The van der Waals surface area contributed by atoms with Gasteiger partial charge in [-0.05, 0) is 25.5 Å². The van der Waals surface area contributed by atoms with E-state index in [4.69, 9.17) is 5.11 Å². The lowest BCUT2D eigenvalue weighted by Crippen LogP contribution is -2.37. The maximum atomic E-state index is 12.3. The number of nitrogens with one attached hydrogen (secondary N) is 1. The number of aromatic nitrogens is 1. The minimum atomic E-state index is -0.176. The third kappa shape index (κ3) is 5.04. The van der Waals surface area contributed by atoms with Crippen LogP contribution in [0.3, 0.4) is 0 Å². The van der Waals surface area contributed by atoms with Crippen molar-refractivity contribution < 1.29 is 9.90 Å². The number of rotatable bonds is 7. The first-order valence-electron chi connectivity index (χ1n) is 7.83. The fraction of sp³-hybridized carbons (Fsp3) is 0.412. The summed E-state index contributed by atoms with van der Waals surface area (Å²) in [6.45, 7) is 5.03. The van der Waals surface area contributed by atoms with Crippen LogP contribution in [0.25, 0.3) is 11.3 Å². The molecule has 23 heavy (non-hydrogen) atoms. The maximum Gasteiger partial charge on any atom is 0.321 e. The van der Waals surface area contributed by atoms with E-state index in [0.717, 1.165) is 34.8 Å². The monoisotopic (exact) mass is 333 g/mol. The molecule has 0 spiro atoms. The molecule has 2 amide bonds. The number of carbonyl (C=O) groups is 1. The molecule has 0 aliphatic carbocycles. The van der Waals surface area contributed by atoms with Gasteiger partial charge in [0.1, 0.15) is 0 Å². The Labute approximate surface area is 141 Å². The zero-order valence-electron chi connectivity index (χ0n) is 13.6. The highest BCUT2D eigenvalue weighted by Gasteiger charge is 2.12. The Bertz CT molecular complexity index is 625. The van der Waals surface area contributed by atoms with Crippen LogP contribution in [0.2, 0.25) is 0 Å². The second-order valence-electron chi connectivity index (χ2n) is 5.32. The highest BCUT2D eigenvalue weighted by Crippen LogP contribution is 2.23. The summed E-state index contributed by atoms with van der Waals surface area (Å²) < 4.78 is 0. The summed E-state index contributed by atoms with van der Waals surface area (Å²) in [6, 6.07) is 7.47. The molecule has 0 bridgehead atoms. The van der Waals surface area contributed by atoms with Crippen molar-refractivity contribution in [2.24, 2.45) is 0 Å². The standard InChI is InChI=1S/C17H23N3O2S/c1-3-4-9-20(10-11-21)17(22)19-15-7-5-14(6-8-15)16-12-23-13(2)18-16/h5-8,12,21H,3-4,9-11H2,1-2H3,(H,19,22). The summed E-state index contributed by atoms with van der Waals surface area (Å²) in [4.78, 5) is 18.4. The first-order valence-corrected chi connectivity index (χ1v) is 8.71. The summed E-state index contributed by atoms with van der Waals surface area (Å²) in [5.74, 6) is 0. The van der Waals surface area contributed by atoms with Crippen LogP contribution in [0.1, 0.15) is 24.8 Å². The van der Waals surface area contributed by atoms with Crippen LogP contribution >= 0.6 is 11.3 Å². The molecular formula is C17H23N3O2S. The second kappa shape index (κ2) is 8.64. The summed E-state index contributed by atoms with van der Waals surface area (Å²) in [6.07, 6.45) is 1.94. The summed E-state index contributed by atoms with van der Waals surface area (Å²) >= 11 is 1.62. The number of thiazole rings is 1. The molecule has 0 aliphatic rings. The van der Waals surface area contributed by atoms with E-state index in [1.807, 2.05) is 36.6 Å². The lowest BCUT2D eigenvalue weighted by Gasteiger charge is -2.22. The average molecular weight is 333 g/mol. The van der Waals surface area contributed by atoms with Gasteiger partial charge in [0, 0.05) is 29.7 Å². The number of hydrogen-bond donors (Lipinski definition) is 2. The zero-order valence-corrected chi connectivity index (χ0v) is 14.4. The van der Waals surface area contributed by atoms with Crippen molar-refractivity contribution in [3.63, 3.8) is 0 Å². The summed E-state index contributed by atoms with van der Waals surface area (Å²) in [7, 11) is 0. The van der Waals surface area contributed by atoms with Gasteiger partial charge in [-0.2, -0.15) is 0 Å². The molecule has 1 aromatic carbocycles. The predicted octanol–water partition coefficient (Wildman–Crippen LogP) is 3.74. The number of aliphatic hydroxyl groups excluding tert-OH is 1. The molecule has 5 nitrogen and oxygen atoms in total. The number of nitrogens with zero attached hydrogens (tertiary/aromatic N) is 2. The number of anilines is 1. The number of carbonyl (C=O) groups excluding carboxylic acids is 1. The van der Waals surface area contributed by atoms with E-state index in [1.54, 1.807) is 16.2 Å². The summed E-state index contributed by atoms with van der Waals surface area (Å²) in [5.41, 5.74) is 2.73. The van der Waals surface area contributed by atoms with Crippen molar-refractivity contribution in [1.82, 2.24) is 9.88 Å². The van der Waals surface area contributed by atoms with E-state index in [2.05, 4.69) is 17.2 Å². The number of aliphatic hydroxyl groups is 1. The fourth-order valence-corrected chi connectivity index (χ4v) is 2.83. The van der Waals surface area contributed by atoms with Gasteiger partial charge in [-0.1, -0.05) is 25.5 Å². The van der Waals surface area contributed by atoms with Crippen molar-refractivity contribution in [3.8, 4) is 11.3 Å². The number of benzene rings is 1. The van der Waals surface area contributed by atoms with E-state index in [0.29, 0.717) is 13.1 Å². The molecule has 0 fully saturated rings. The van der Waals surface area contributed by atoms with Crippen LogP contribution in [-0.4, -0.2) is 40.7 Å². The molecule has 124 valence electrons. The van der Waals surface area contributed by atoms with Gasteiger partial charge in [-0.25, -0.2) is 9.78 Å². The van der Waals surface area contributed by atoms with Crippen molar-refractivity contribution in [2.75, 3.05) is 25.0 Å². The summed E-state index contributed by atoms with van der Waals surface area (Å²) in [5, 5.41) is 15.0. The highest BCUT2D eigenvalue weighted by atomic mass is 32.1. The van der Waals surface area contributed by atoms with Crippen LogP contribution in [0, 0.1) is 6.92 Å². The van der Waals surface area contributed by atoms with Crippen molar-refractivity contribution in [1.29, 1.82) is 0 Å². The van der Waals surface area contributed by atoms with Crippen LogP contribution in [0.15, 0.2) is 29.6 Å². The Morgan fingerprint density at radius 3 is 2.61 bits per heavy atom. The van der Waals surface area contributed by atoms with E-state index >= 15 is 0 Å². The van der Waals surface area contributed by atoms with Crippen molar-refractivity contribution >= 4 is 23.1 Å². The molecule has 2 rings (SSSR count). The van der Waals surface area contributed by atoms with E-state index in [-0.39, 0.29) is 12.6 Å². The predicted molar refractivity (Wildman–Crippen MR) is 94.9 cm³/mol. The molecule has 0 saturated carbocycles. The molecule has 0 atom stereocenters. The van der Waals surface area contributed by atoms with Gasteiger partial charge >= 0.3 is 6.03 Å². The number of hydrogen-bond acceptors (Lipinski definition) is 4. The SMILES string of the molecule is CCCCN(CCO)C(=O)Nc1ccc(-c2csc(C)n2)cc1. The molecule has 6 heteroatoms. The zero-order chi connectivity index (χ0) is 16.7. The third-order valence-corrected chi connectivity index (χ3v) is 4.26. The lowest BCUT2D eigenvalue weighted by atomic mass is 10.1. The number of aryl methyl sites for hydroxylation is 1. The third-order valence-electron chi connectivity index (χ3n) is 3.49. The Hall–Kier alpha value is -1.92. The second-order valence-corrected chi connectivity index (χ2v) is 6.39. The van der Waals surface area contributed by atoms with E-state index < -0.39 is 0 Å². The minimum absolute atomic E-state index is 0.0285. The van der Waals surface area contributed by atoms with E-state index in [1.165, 1.54) is 0 Å². The van der Waals surface area contributed by atoms with Gasteiger partial charge in [0.15, 0.2) is 0 Å². The number of unbranched alkanes of at least 4 members (excludes halogenated alkanes) is 1. The normalized spacial score (nSPS) is 10.6. The Balaban J connectivity index is 2.00. The van der Waals surface area contributed by atoms with Crippen LogP contribution in [-0.2, 0) is 0 Å². The largest absolute Gasteiger partial charge is 0.395 e. The smallest absolute Gasteiger partial charge is 0.321 e. The van der Waals surface area contributed by atoms with E-state index in [9.17, 15) is 4.79 Å². The van der Waals surface area contributed by atoms with Crippen molar-refractivity contribution in [3.05, 3.63) is 34.7 Å². The van der Waals surface area contributed by atoms with Gasteiger partial charge in [-0.3, -0.25) is 0 Å². The topological polar surface area (TPSA) is 65.5 Å². The Morgan fingerprint density at radius 2 is 2.04 bits per heavy atom. The molecule has 1 aromatic heterocycles.